The summed E-state index contributed by atoms with van der Waals surface area (Å²) in [7, 11) is 3.86. The van der Waals surface area contributed by atoms with Crippen molar-refractivity contribution in [2.24, 2.45) is 0 Å². The molecule has 1 heterocycles. The molecule has 2 rings (SSSR count). The van der Waals surface area contributed by atoms with Crippen LogP contribution >= 0.6 is 11.3 Å². The van der Waals surface area contributed by atoms with E-state index >= 15 is 0 Å². The summed E-state index contributed by atoms with van der Waals surface area (Å²) in [6, 6.07) is 6.34. The highest BCUT2D eigenvalue weighted by Gasteiger charge is 2.04. The Balaban J connectivity index is 1.98. The summed E-state index contributed by atoms with van der Waals surface area (Å²) in [6.07, 6.45) is 1.06. The van der Waals surface area contributed by atoms with Crippen LogP contribution < -0.4 is 5.73 Å². The van der Waals surface area contributed by atoms with Crippen molar-refractivity contribution in [2.75, 3.05) is 33.0 Å². The van der Waals surface area contributed by atoms with Crippen LogP contribution in [0.5, 0.6) is 0 Å². The Morgan fingerprint density at radius 3 is 3.06 bits per heavy atom. The number of benzene rings is 1. The van der Waals surface area contributed by atoms with Gasteiger partial charge in [0.15, 0.2) is 5.13 Å². The fourth-order valence-electron chi connectivity index (χ4n) is 1.95. The van der Waals surface area contributed by atoms with Crippen molar-refractivity contribution in [1.29, 1.82) is 0 Å². The second-order valence-corrected chi connectivity index (χ2v) is 5.50. The molecule has 0 unspecified atom stereocenters. The van der Waals surface area contributed by atoms with E-state index in [0.717, 1.165) is 36.3 Å². The number of hydrogen-bond donors (Lipinski definition) is 1. The summed E-state index contributed by atoms with van der Waals surface area (Å²) in [5.74, 6) is 0. The average molecular weight is 265 g/mol. The lowest BCUT2D eigenvalue weighted by atomic mass is 10.2. The Morgan fingerprint density at radius 1 is 1.44 bits per heavy atom. The van der Waals surface area contributed by atoms with Gasteiger partial charge in [0.2, 0.25) is 0 Å². The molecule has 2 aromatic rings. The van der Waals surface area contributed by atoms with E-state index in [0.29, 0.717) is 5.13 Å². The second-order valence-electron chi connectivity index (χ2n) is 4.44. The van der Waals surface area contributed by atoms with Gasteiger partial charge in [0.05, 0.1) is 10.2 Å². The van der Waals surface area contributed by atoms with Gasteiger partial charge in [0, 0.05) is 26.8 Å². The average Bonchev–Trinajstić information content (AvgIpc) is 2.69. The fraction of sp³-hybridized carbons (Fsp3) is 0.462. The monoisotopic (exact) mass is 265 g/mol. The minimum Gasteiger partial charge on any atom is -0.385 e. The van der Waals surface area contributed by atoms with Gasteiger partial charge in [0.25, 0.3) is 0 Å². The summed E-state index contributed by atoms with van der Waals surface area (Å²) >= 11 is 1.54. The summed E-state index contributed by atoms with van der Waals surface area (Å²) in [5, 5.41) is 0.635. The van der Waals surface area contributed by atoms with Crippen molar-refractivity contribution >= 4 is 26.7 Å². The van der Waals surface area contributed by atoms with Crippen LogP contribution in [-0.2, 0) is 11.3 Å². The molecule has 0 saturated heterocycles. The third kappa shape index (κ3) is 3.41. The van der Waals surface area contributed by atoms with E-state index in [1.165, 1.54) is 5.56 Å². The lowest BCUT2D eigenvalue weighted by Crippen LogP contribution is -2.20. The topological polar surface area (TPSA) is 51.4 Å². The molecule has 1 aromatic heterocycles. The Morgan fingerprint density at radius 2 is 2.28 bits per heavy atom. The van der Waals surface area contributed by atoms with Gasteiger partial charge in [-0.2, -0.15) is 0 Å². The van der Waals surface area contributed by atoms with Crippen LogP contribution in [0.4, 0.5) is 5.13 Å². The molecule has 0 spiro atoms. The third-order valence-electron chi connectivity index (χ3n) is 2.81. The van der Waals surface area contributed by atoms with Crippen molar-refractivity contribution in [2.45, 2.75) is 13.0 Å². The van der Waals surface area contributed by atoms with Gasteiger partial charge in [-0.1, -0.05) is 17.4 Å². The predicted octanol–water partition coefficient (Wildman–Crippen LogP) is 2.35. The molecule has 18 heavy (non-hydrogen) atoms. The molecule has 0 amide bonds. The first-order valence-corrected chi connectivity index (χ1v) is 6.83. The summed E-state index contributed by atoms with van der Waals surface area (Å²) < 4.78 is 6.22. The van der Waals surface area contributed by atoms with Crippen LogP contribution in [0.3, 0.4) is 0 Å². The number of nitrogens with zero attached hydrogens (tertiary/aromatic N) is 2. The molecule has 0 aliphatic carbocycles. The van der Waals surface area contributed by atoms with Crippen molar-refractivity contribution in [3.05, 3.63) is 23.8 Å². The molecule has 0 bridgehead atoms. The molecular weight excluding hydrogens is 246 g/mol. The van der Waals surface area contributed by atoms with Crippen LogP contribution in [0.1, 0.15) is 12.0 Å². The number of fused-ring (bicyclic) bond motifs is 1. The second kappa shape index (κ2) is 6.13. The van der Waals surface area contributed by atoms with E-state index < -0.39 is 0 Å². The zero-order chi connectivity index (χ0) is 13.0. The van der Waals surface area contributed by atoms with Gasteiger partial charge in [-0.25, -0.2) is 4.98 Å². The molecule has 5 heteroatoms. The van der Waals surface area contributed by atoms with Gasteiger partial charge in [-0.3, -0.25) is 0 Å². The smallest absolute Gasteiger partial charge is 0.181 e. The normalized spacial score (nSPS) is 11.5. The first kappa shape index (κ1) is 13.3. The maximum Gasteiger partial charge on any atom is 0.181 e. The van der Waals surface area contributed by atoms with Crippen molar-refractivity contribution in [3.8, 4) is 0 Å². The fourth-order valence-corrected chi connectivity index (χ4v) is 2.75. The van der Waals surface area contributed by atoms with Crippen LogP contribution in [-0.4, -0.2) is 37.2 Å². The van der Waals surface area contributed by atoms with Crippen LogP contribution in [0, 0.1) is 0 Å². The number of anilines is 1. The minimum absolute atomic E-state index is 0.635. The van der Waals surface area contributed by atoms with Gasteiger partial charge in [-0.15, -0.1) is 0 Å². The SMILES string of the molecule is COCCCN(C)Cc1ccc2nc(N)sc2c1. The van der Waals surface area contributed by atoms with E-state index in [1.54, 1.807) is 18.4 Å². The first-order chi connectivity index (χ1) is 8.69. The standard InChI is InChI=1S/C13H19N3OS/c1-16(6-3-7-17-2)9-10-4-5-11-12(8-10)18-13(14)15-11/h4-5,8H,3,6-7,9H2,1-2H3,(H2,14,15). The van der Waals surface area contributed by atoms with Gasteiger partial charge >= 0.3 is 0 Å². The van der Waals surface area contributed by atoms with E-state index in [2.05, 4.69) is 29.1 Å². The molecule has 98 valence electrons. The summed E-state index contributed by atoms with van der Waals surface area (Å²) in [6.45, 7) is 2.79. The predicted molar refractivity (Wildman–Crippen MR) is 76.9 cm³/mol. The number of methoxy groups -OCH3 is 1. The number of aromatic nitrogens is 1. The number of nitrogens with two attached hydrogens (primary N) is 1. The molecule has 2 N–H and O–H groups in total. The van der Waals surface area contributed by atoms with Crippen LogP contribution in [0.25, 0.3) is 10.2 Å². The van der Waals surface area contributed by atoms with Gasteiger partial charge in [0.1, 0.15) is 0 Å². The largest absolute Gasteiger partial charge is 0.385 e. The number of rotatable bonds is 6. The highest BCUT2D eigenvalue weighted by atomic mass is 32.1. The van der Waals surface area contributed by atoms with E-state index in [9.17, 15) is 0 Å². The lowest BCUT2D eigenvalue weighted by Gasteiger charge is -2.16. The van der Waals surface area contributed by atoms with Gasteiger partial charge < -0.3 is 15.4 Å². The molecule has 0 radical (unpaired) electrons. The lowest BCUT2D eigenvalue weighted by molar-refractivity contribution is 0.178. The van der Waals surface area contributed by atoms with Crippen LogP contribution in [0.15, 0.2) is 18.2 Å². The van der Waals surface area contributed by atoms with E-state index in [4.69, 9.17) is 10.5 Å². The maximum absolute atomic E-state index is 5.71. The summed E-state index contributed by atoms with van der Waals surface area (Å²) in [5.41, 5.74) is 7.99. The molecule has 0 aliphatic heterocycles. The Bertz CT molecular complexity index is 512. The zero-order valence-electron chi connectivity index (χ0n) is 10.8. The third-order valence-corrected chi connectivity index (χ3v) is 3.66. The van der Waals surface area contributed by atoms with Crippen molar-refractivity contribution in [1.82, 2.24) is 9.88 Å². The summed E-state index contributed by atoms with van der Waals surface area (Å²) in [4.78, 5) is 6.56. The number of ether oxygens (including phenoxy) is 1. The Kier molecular flexibility index (Phi) is 4.52. The van der Waals surface area contributed by atoms with Crippen molar-refractivity contribution in [3.63, 3.8) is 0 Å². The molecule has 0 saturated carbocycles. The first-order valence-electron chi connectivity index (χ1n) is 6.01. The van der Waals surface area contributed by atoms with Crippen LogP contribution in [0.2, 0.25) is 0 Å². The highest BCUT2D eigenvalue weighted by molar-refractivity contribution is 7.22. The quantitative estimate of drug-likeness (QED) is 0.815. The minimum atomic E-state index is 0.635. The zero-order valence-corrected chi connectivity index (χ0v) is 11.7. The number of hydrogen-bond acceptors (Lipinski definition) is 5. The Labute approximate surface area is 111 Å². The maximum atomic E-state index is 5.71. The molecule has 0 fully saturated rings. The molecule has 1 aromatic carbocycles. The molecule has 0 aliphatic rings. The Hall–Kier alpha value is -1.17. The molecule has 0 atom stereocenters. The van der Waals surface area contributed by atoms with Gasteiger partial charge in [-0.05, 0) is 31.2 Å². The number of thiazole rings is 1. The number of nitrogen functional groups attached to an aromatic ring is 1. The highest BCUT2D eigenvalue weighted by Crippen LogP contribution is 2.24. The van der Waals surface area contributed by atoms with E-state index in [-0.39, 0.29) is 0 Å². The molecule has 4 nitrogen and oxygen atoms in total. The van der Waals surface area contributed by atoms with Crippen molar-refractivity contribution < 1.29 is 4.74 Å². The molecular formula is C13H19N3OS. The van der Waals surface area contributed by atoms with E-state index in [1.807, 2.05) is 6.07 Å².